The van der Waals surface area contributed by atoms with E-state index in [-0.39, 0.29) is 61.9 Å². The van der Waals surface area contributed by atoms with E-state index >= 15 is 0 Å². The van der Waals surface area contributed by atoms with Crippen molar-refractivity contribution < 1.29 is 47.7 Å². The molecule has 0 unspecified atom stereocenters. The van der Waals surface area contributed by atoms with Crippen molar-refractivity contribution in [2.75, 3.05) is 40.5 Å². The van der Waals surface area contributed by atoms with Crippen molar-refractivity contribution in [3.05, 3.63) is 70.8 Å². The van der Waals surface area contributed by atoms with Crippen LogP contribution in [0.5, 0.6) is 0 Å². The van der Waals surface area contributed by atoms with E-state index in [4.69, 9.17) is 18.9 Å². The fourth-order valence-corrected chi connectivity index (χ4v) is 11.2. The average molecular weight is 991 g/mol. The third-order valence-electron chi connectivity index (χ3n) is 15.3. The maximum atomic E-state index is 14.5. The number of likely N-dealkylation sites (N-methyl/N-ethyl adjacent to an activating group) is 2. The Labute approximate surface area is 422 Å². The summed E-state index contributed by atoms with van der Waals surface area (Å²) < 4.78 is 24.9. The standard InChI is InChI=1S/C54H70N8O10/c1-31(55-7)47(63)57-37-21-25-71-41-29-53(3,4)45(61(41)51(37)67)49(65)59-43-35-19-13-11-17-33(35)27-39(43)69-23-15-9-10-16-24-70-40-28-34-18-12-14-20-36(34)44(40)60-50(66)46-54(5,6)30-42-62(46)52(68)38(22-26-72-42)58-48(64)32(2)56-8/h11-14,17-20,31-32,37-46,55-56H,21-30H2,1-8H3,(H,57,63)(H,58,64)(H,59,65)(H,60,66)/t31-,32-,37-,38-,39+,40+,41-,42-,43-,44-,45+,46+/m0/s1. The lowest BCUT2D eigenvalue weighted by molar-refractivity contribution is -0.150. The number of rotatable bonds is 14. The van der Waals surface area contributed by atoms with E-state index in [0.717, 1.165) is 22.3 Å². The number of carbonyl (C=O) groups is 6. The maximum absolute atomic E-state index is 14.5. The first-order valence-electron chi connectivity index (χ1n) is 25.2. The van der Waals surface area contributed by atoms with Crippen LogP contribution >= 0.6 is 0 Å². The Hall–Kier alpha value is -5.86. The number of hydrogen-bond acceptors (Lipinski definition) is 12. The SMILES string of the molecule is CN[C@@H](C)C(=O)N[C@H]1CCO[C@H]2CC(C)(C)[C@@H](C(=O)N[C@H]3c4ccccc4C[C@H]3OCC#CC#CCO[C@@H]3Cc4ccccc4[C@@H]3NC(=O)[C@H]3N4C(=O)[C@@H](NC(=O)[C@H](C)NC)CCO[C@H]4CC3(C)C)N2C1=O. The number of nitrogens with one attached hydrogen (secondary N) is 6. The van der Waals surface area contributed by atoms with Crippen LogP contribution < -0.4 is 31.9 Å². The molecule has 4 fully saturated rings. The van der Waals surface area contributed by atoms with Gasteiger partial charge in [0.1, 0.15) is 49.8 Å². The van der Waals surface area contributed by atoms with Gasteiger partial charge in [-0.15, -0.1) is 0 Å². The largest absolute Gasteiger partial charge is 0.363 e. The summed E-state index contributed by atoms with van der Waals surface area (Å²) in [5.41, 5.74) is 2.66. The molecule has 2 aliphatic carbocycles. The zero-order valence-corrected chi connectivity index (χ0v) is 42.6. The molecule has 12 atom stereocenters. The van der Waals surface area contributed by atoms with Crippen LogP contribution in [-0.2, 0) is 60.6 Å². The van der Waals surface area contributed by atoms with Crippen molar-refractivity contribution in [1.29, 1.82) is 0 Å². The van der Waals surface area contributed by atoms with Gasteiger partial charge in [-0.05, 0) is 85.7 Å². The molecule has 18 nitrogen and oxygen atoms in total. The van der Waals surface area contributed by atoms with E-state index in [1.807, 2.05) is 76.2 Å². The van der Waals surface area contributed by atoms with E-state index in [1.165, 1.54) is 9.80 Å². The van der Waals surface area contributed by atoms with Crippen molar-refractivity contribution in [1.82, 2.24) is 41.7 Å². The fourth-order valence-electron chi connectivity index (χ4n) is 11.2. The van der Waals surface area contributed by atoms with Crippen LogP contribution in [-0.4, -0.2) is 147 Å². The summed E-state index contributed by atoms with van der Waals surface area (Å²) in [5, 5.41) is 18.0. The summed E-state index contributed by atoms with van der Waals surface area (Å²) >= 11 is 0. The van der Waals surface area contributed by atoms with Gasteiger partial charge in [-0.3, -0.25) is 28.8 Å². The molecule has 18 heteroatoms. The van der Waals surface area contributed by atoms with Crippen molar-refractivity contribution >= 4 is 35.4 Å². The highest BCUT2D eigenvalue weighted by atomic mass is 16.5. The smallest absolute Gasteiger partial charge is 0.247 e. The summed E-state index contributed by atoms with van der Waals surface area (Å²) in [7, 11) is 3.35. The summed E-state index contributed by atoms with van der Waals surface area (Å²) in [5.74, 6) is 9.72. The van der Waals surface area contributed by atoms with Crippen LogP contribution in [0.15, 0.2) is 48.5 Å². The zero-order chi connectivity index (χ0) is 51.5. The monoisotopic (exact) mass is 991 g/mol. The van der Waals surface area contributed by atoms with Gasteiger partial charge < -0.3 is 60.6 Å². The first kappa shape index (κ1) is 52.5. The van der Waals surface area contributed by atoms with Gasteiger partial charge in [0.15, 0.2) is 0 Å². The molecular formula is C54H70N8O10. The van der Waals surface area contributed by atoms with Crippen molar-refractivity contribution in [2.24, 2.45) is 10.8 Å². The number of ether oxygens (including phenoxy) is 4. The molecule has 0 radical (unpaired) electrons. The summed E-state index contributed by atoms with van der Waals surface area (Å²) in [6.45, 7) is 11.9. The number of carbonyl (C=O) groups excluding carboxylic acids is 6. The second-order valence-electron chi connectivity index (χ2n) is 21.1. The van der Waals surface area contributed by atoms with Gasteiger partial charge in [0.25, 0.3) is 0 Å². The number of nitrogens with zero attached hydrogens (tertiary/aromatic N) is 2. The normalized spacial score (nSPS) is 29.6. The van der Waals surface area contributed by atoms with Crippen molar-refractivity contribution in [2.45, 2.75) is 153 Å². The molecule has 6 N–H and O–H groups in total. The van der Waals surface area contributed by atoms with Crippen LogP contribution in [0.1, 0.15) is 102 Å². The Morgan fingerprint density at radius 1 is 0.639 bits per heavy atom. The van der Waals surface area contributed by atoms with E-state index in [0.29, 0.717) is 38.5 Å². The molecule has 2 aromatic carbocycles. The molecule has 4 heterocycles. The molecule has 386 valence electrons. The summed E-state index contributed by atoms with van der Waals surface area (Å²) in [4.78, 5) is 85.9. The molecule has 0 spiro atoms. The number of benzene rings is 2. The van der Waals surface area contributed by atoms with Crippen LogP contribution in [0, 0.1) is 34.5 Å². The molecular weight excluding hydrogens is 921 g/mol. The molecule has 4 aliphatic heterocycles. The molecule has 4 saturated heterocycles. The van der Waals surface area contributed by atoms with Crippen LogP contribution in [0.3, 0.4) is 0 Å². The highest BCUT2D eigenvalue weighted by molar-refractivity contribution is 5.95. The summed E-state index contributed by atoms with van der Waals surface area (Å²) in [6, 6.07) is 10.3. The quantitative estimate of drug-likeness (QED) is 0.149. The van der Waals surface area contributed by atoms with Gasteiger partial charge in [0, 0.05) is 25.7 Å². The fraction of sp³-hybridized carbons (Fsp3) is 0.593. The average Bonchev–Trinajstić information content (AvgIpc) is 3.99. The Kier molecular flexibility index (Phi) is 16.1. The third-order valence-corrected chi connectivity index (χ3v) is 15.3. The van der Waals surface area contributed by atoms with Gasteiger partial charge in [-0.1, -0.05) is 88.1 Å². The lowest BCUT2D eigenvalue weighted by Gasteiger charge is -2.35. The van der Waals surface area contributed by atoms with E-state index in [2.05, 4.69) is 55.6 Å². The zero-order valence-electron chi connectivity index (χ0n) is 42.6. The molecule has 2 aromatic rings. The number of amides is 6. The van der Waals surface area contributed by atoms with Gasteiger partial charge in [0.05, 0.1) is 49.6 Å². The Morgan fingerprint density at radius 3 is 1.42 bits per heavy atom. The minimum absolute atomic E-state index is 0.0413. The lowest BCUT2D eigenvalue weighted by atomic mass is 9.83. The predicted octanol–water partition coefficient (Wildman–Crippen LogP) is 1.52. The van der Waals surface area contributed by atoms with E-state index in [1.54, 1.807) is 27.9 Å². The lowest BCUT2D eigenvalue weighted by Crippen LogP contribution is -2.58. The molecule has 6 amide bonds. The van der Waals surface area contributed by atoms with Crippen molar-refractivity contribution in [3.63, 3.8) is 0 Å². The van der Waals surface area contributed by atoms with Gasteiger partial charge in [0.2, 0.25) is 35.4 Å². The minimum Gasteiger partial charge on any atom is -0.363 e. The number of fused-ring (bicyclic) bond motifs is 4. The van der Waals surface area contributed by atoms with E-state index in [9.17, 15) is 28.8 Å². The highest BCUT2D eigenvalue weighted by Crippen LogP contribution is 2.45. The number of hydrogen-bond donors (Lipinski definition) is 6. The Morgan fingerprint density at radius 2 is 1.03 bits per heavy atom. The van der Waals surface area contributed by atoms with Gasteiger partial charge >= 0.3 is 0 Å². The predicted molar refractivity (Wildman–Crippen MR) is 265 cm³/mol. The second-order valence-corrected chi connectivity index (χ2v) is 21.1. The first-order chi connectivity index (χ1) is 34.4. The summed E-state index contributed by atoms with van der Waals surface area (Å²) in [6.07, 6.45) is 0.486. The Bertz CT molecular complexity index is 2360. The Balaban J connectivity index is 0.889. The molecule has 72 heavy (non-hydrogen) atoms. The van der Waals surface area contributed by atoms with Crippen LogP contribution in [0.25, 0.3) is 0 Å². The minimum atomic E-state index is -0.862. The second kappa shape index (κ2) is 22.1. The van der Waals surface area contributed by atoms with Crippen molar-refractivity contribution in [3.8, 4) is 23.7 Å². The highest BCUT2D eigenvalue weighted by Gasteiger charge is 2.57. The molecule has 8 rings (SSSR count). The first-order valence-corrected chi connectivity index (χ1v) is 25.2. The molecule has 0 bridgehead atoms. The third kappa shape index (κ3) is 10.9. The molecule has 0 aromatic heterocycles. The van der Waals surface area contributed by atoms with Gasteiger partial charge in [-0.25, -0.2) is 0 Å². The topological polar surface area (TPSA) is 218 Å². The van der Waals surface area contributed by atoms with E-state index < -0.39 is 83.8 Å². The van der Waals surface area contributed by atoms with Crippen LogP contribution in [0.2, 0.25) is 0 Å². The van der Waals surface area contributed by atoms with Gasteiger partial charge in [-0.2, -0.15) is 0 Å². The molecule has 6 aliphatic rings. The van der Waals surface area contributed by atoms with Crippen LogP contribution in [0.4, 0.5) is 0 Å². The molecule has 0 saturated carbocycles. The maximum Gasteiger partial charge on any atom is 0.247 e.